The van der Waals surface area contributed by atoms with Gasteiger partial charge in [-0.1, -0.05) is 11.6 Å². The van der Waals surface area contributed by atoms with Crippen LogP contribution in [0.4, 0.5) is 5.13 Å². The van der Waals surface area contributed by atoms with E-state index in [9.17, 15) is 0 Å². The summed E-state index contributed by atoms with van der Waals surface area (Å²) in [5.74, 6) is 0.698. The fourth-order valence-electron chi connectivity index (χ4n) is 1.85. The Morgan fingerprint density at radius 2 is 2.11 bits per heavy atom. The third-order valence-electron chi connectivity index (χ3n) is 2.77. The normalized spacial score (nSPS) is 15.9. The highest BCUT2D eigenvalue weighted by Crippen LogP contribution is 2.25. The van der Waals surface area contributed by atoms with Gasteiger partial charge in [0, 0.05) is 55.7 Å². The van der Waals surface area contributed by atoms with E-state index >= 15 is 0 Å². The van der Waals surface area contributed by atoms with Gasteiger partial charge < -0.3 is 10.2 Å². The van der Waals surface area contributed by atoms with Crippen molar-refractivity contribution >= 4 is 28.3 Å². The zero-order valence-corrected chi connectivity index (χ0v) is 11.2. The van der Waals surface area contributed by atoms with Crippen LogP contribution in [-0.2, 0) is 0 Å². The number of aromatic nitrogens is 3. The van der Waals surface area contributed by atoms with Gasteiger partial charge in [-0.2, -0.15) is 9.36 Å². The summed E-state index contributed by atoms with van der Waals surface area (Å²) in [7, 11) is 0. The van der Waals surface area contributed by atoms with Gasteiger partial charge in [-0.15, -0.1) is 0 Å². The highest BCUT2D eigenvalue weighted by Gasteiger charge is 2.15. The highest BCUT2D eigenvalue weighted by molar-refractivity contribution is 7.09. The molecule has 0 saturated carbocycles. The van der Waals surface area contributed by atoms with Crippen molar-refractivity contribution in [1.82, 2.24) is 19.7 Å². The largest absolute Gasteiger partial charge is 0.344 e. The number of pyridine rings is 1. The van der Waals surface area contributed by atoms with Crippen molar-refractivity contribution in [2.24, 2.45) is 0 Å². The highest BCUT2D eigenvalue weighted by atomic mass is 35.5. The summed E-state index contributed by atoms with van der Waals surface area (Å²) in [6, 6.07) is 1.83. The van der Waals surface area contributed by atoms with Gasteiger partial charge in [0.2, 0.25) is 5.13 Å². The molecule has 1 N–H and O–H groups in total. The monoisotopic (exact) mass is 281 g/mol. The van der Waals surface area contributed by atoms with Crippen molar-refractivity contribution in [1.29, 1.82) is 0 Å². The topological polar surface area (TPSA) is 53.9 Å². The summed E-state index contributed by atoms with van der Waals surface area (Å²) in [4.78, 5) is 10.8. The molecule has 0 aromatic carbocycles. The first-order valence-corrected chi connectivity index (χ1v) is 6.88. The smallest absolute Gasteiger partial charge is 0.205 e. The van der Waals surface area contributed by atoms with Gasteiger partial charge in [0.05, 0.1) is 5.02 Å². The first-order valence-electron chi connectivity index (χ1n) is 5.73. The number of rotatable bonds is 2. The molecule has 0 atom stereocenters. The molecule has 0 aliphatic carbocycles. The Kier molecular flexibility index (Phi) is 3.40. The molecule has 2 aromatic rings. The van der Waals surface area contributed by atoms with Crippen LogP contribution >= 0.6 is 23.1 Å². The van der Waals surface area contributed by atoms with Crippen molar-refractivity contribution in [3.05, 3.63) is 23.5 Å². The van der Waals surface area contributed by atoms with Crippen LogP contribution in [0.5, 0.6) is 0 Å². The van der Waals surface area contributed by atoms with E-state index < -0.39 is 0 Å². The number of halogens is 1. The lowest BCUT2D eigenvalue weighted by molar-refractivity contribution is 0.588. The fourth-order valence-corrected chi connectivity index (χ4v) is 2.77. The van der Waals surface area contributed by atoms with E-state index in [2.05, 4.69) is 24.6 Å². The van der Waals surface area contributed by atoms with Crippen LogP contribution in [-0.4, -0.2) is 40.5 Å². The average molecular weight is 282 g/mol. The molecular weight excluding hydrogens is 270 g/mol. The molecule has 1 saturated heterocycles. The Morgan fingerprint density at radius 3 is 2.89 bits per heavy atom. The molecule has 2 aromatic heterocycles. The minimum Gasteiger partial charge on any atom is -0.344 e. The Hall–Kier alpha value is -1.24. The van der Waals surface area contributed by atoms with Crippen molar-refractivity contribution in [2.45, 2.75) is 0 Å². The van der Waals surface area contributed by atoms with Gasteiger partial charge in [-0.25, -0.2) is 0 Å². The quantitative estimate of drug-likeness (QED) is 0.907. The lowest BCUT2D eigenvalue weighted by atomic mass is 10.3. The van der Waals surface area contributed by atoms with Gasteiger partial charge in [-0.3, -0.25) is 4.98 Å². The molecule has 18 heavy (non-hydrogen) atoms. The van der Waals surface area contributed by atoms with E-state index in [1.807, 2.05) is 6.07 Å². The van der Waals surface area contributed by atoms with Crippen molar-refractivity contribution in [3.63, 3.8) is 0 Å². The number of nitrogens with zero attached hydrogens (tertiary/aromatic N) is 4. The first kappa shape index (κ1) is 11.8. The average Bonchev–Trinajstić information content (AvgIpc) is 2.89. The van der Waals surface area contributed by atoms with E-state index in [1.165, 1.54) is 11.5 Å². The summed E-state index contributed by atoms with van der Waals surface area (Å²) in [5.41, 5.74) is 0.861. The number of nitrogens with one attached hydrogen (secondary N) is 1. The number of hydrogen-bond acceptors (Lipinski definition) is 6. The SMILES string of the molecule is Clc1cncc(-c2nsc(N3CCNCC3)n2)c1. The third kappa shape index (κ3) is 2.45. The lowest BCUT2D eigenvalue weighted by Crippen LogP contribution is -2.43. The molecule has 0 radical (unpaired) electrons. The molecule has 1 fully saturated rings. The van der Waals surface area contributed by atoms with E-state index in [1.54, 1.807) is 12.4 Å². The molecule has 3 rings (SSSR count). The molecule has 3 heterocycles. The minimum atomic E-state index is 0.603. The van der Waals surface area contributed by atoms with Crippen LogP contribution in [0.2, 0.25) is 5.02 Å². The minimum absolute atomic E-state index is 0.603. The molecule has 0 unspecified atom stereocenters. The number of hydrogen-bond donors (Lipinski definition) is 1. The maximum Gasteiger partial charge on any atom is 0.205 e. The second kappa shape index (κ2) is 5.17. The summed E-state index contributed by atoms with van der Waals surface area (Å²) in [5, 5.41) is 4.88. The van der Waals surface area contributed by atoms with Gasteiger partial charge in [0.25, 0.3) is 0 Å². The van der Waals surface area contributed by atoms with E-state index in [4.69, 9.17) is 11.6 Å². The van der Waals surface area contributed by atoms with Crippen molar-refractivity contribution < 1.29 is 0 Å². The standard InChI is InChI=1S/C11H12ClN5S/c12-9-5-8(6-14-7-9)10-15-11(18-16-10)17-3-1-13-2-4-17/h5-7,13H,1-4H2. The van der Waals surface area contributed by atoms with Crippen LogP contribution in [0.3, 0.4) is 0 Å². The summed E-state index contributed by atoms with van der Waals surface area (Å²) in [6.07, 6.45) is 3.34. The van der Waals surface area contributed by atoms with Crippen molar-refractivity contribution in [3.8, 4) is 11.4 Å². The molecule has 0 spiro atoms. The Balaban J connectivity index is 1.84. The molecule has 0 bridgehead atoms. The van der Waals surface area contributed by atoms with Gasteiger partial charge in [0.15, 0.2) is 5.82 Å². The predicted octanol–water partition coefficient (Wildman–Crippen LogP) is 1.66. The Bertz CT molecular complexity index is 538. The number of piperazine rings is 1. The molecule has 5 nitrogen and oxygen atoms in total. The van der Waals surface area contributed by atoms with Gasteiger partial charge in [-0.05, 0) is 6.07 Å². The summed E-state index contributed by atoms with van der Waals surface area (Å²) >= 11 is 7.34. The lowest BCUT2D eigenvalue weighted by Gasteiger charge is -2.26. The van der Waals surface area contributed by atoms with Crippen LogP contribution in [0, 0.1) is 0 Å². The van der Waals surface area contributed by atoms with Gasteiger partial charge in [0.1, 0.15) is 0 Å². The van der Waals surface area contributed by atoms with Crippen LogP contribution < -0.4 is 10.2 Å². The molecule has 7 heteroatoms. The van der Waals surface area contributed by atoms with Crippen LogP contribution in [0.25, 0.3) is 11.4 Å². The van der Waals surface area contributed by atoms with E-state index in [0.29, 0.717) is 10.8 Å². The molecule has 1 aliphatic heterocycles. The molecule has 1 aliphatic rings. The molecule has 0 amide bonds. The third-order valence-corrected chi connectivity index (χ3v) is 3.75. The second-order valence-electron chi connectivity index (χ2n) is 4.03. The zero-order valence-electron chi connectivity index (χ0n) is 9.64. The van der Waals surface area contributed by atoms with Crippen LogP contribution in [0.1, 0.15) is 0 Å². The fraction of sp³-hybridized carbons (Fsp3) is 0.364. The predicted molar refractivity (Wildman–Crippen MR) is 73.2 cm³/mol. The van der Waals surface area contributed by atoms with Gasteiger partial charge >= 0.3 is 0 Å². The zero-order chi connectivity index (χ0) is 12.4. The van der Waals surface area contributed by atoms with E-state index in [-0.39, 0.29) is 0 Å². The Morgan fingerprint density at radius 1 is 1.28 bits per heavy atom. The van der Waals surface area contributed by atoms with Crippen LogP contribution in [0.15, 0.2) is 18.5 Å². The molecular formula is C11H12ClN5S. The first-order chi connectivity index (χ1) is 8.83. The molecule has 94 valence electrons. The van der Waals surface area contributed by atoms with E-state index in [0.717, 1.165) is 36.9 Å². The maximum atomic E-state index is 5.92. The van der Waals surface area contributed by atoms with Crippen molar-refractivity contribution in [2.75, 3.05) is 31.1 Å². The second-order valence-corrected chi connectivity index (χ2v) is 5.20. The maximum absolute atomic E-state index is 5.92. The summed E-state index contributed by atoms with van der Waals surface area (Å²) in [6.45, 7) is 3.94. The number of anilines is 1. The summed E-state index contributed by atoms with van der Waals surface area (Å²) < 4.78 is 4.37. The Labute approximate surface area is 114 Å².